The van der Waals surface area contributed by atoms with Gasteiger partial charge in [-0.05, 0) is 76.3 Å². The second kappa shape index (κ2) is 18.2. The molecule has 3 aromatic rings. The molecule has 3 aliphatic heterocycles. The van der Waals surface area contributed by atoms with Crippen molar-refractivity contribution in [3.8, 4) is 0 Å². The number of anilines is 1. The van der Waals surface area contributed by atoms with E-state index < -0.39 is 0 Å². The summed E-state index contributed by atoms with van der Waals surface area (Å²) < 4.78 is 9.63. The van der Waals surface area contributed by atoms with E-state index in [1.54, 1.807) is 44.2 Å². The van der Waals surface area contributed by atoms with E-state index in [0.717, 1.165) is 11.5 Å². The van der Waals surface area contributed by atoms with E-state index >= 15 is 0 Å². The van der Waals surface area contributed by atoms with Crippen molar-refractivity contribution in [1.82, 2.24) is 16.4 Å². The average molecular weight is 831 g/mol. The molecule has 0 radical (unpaired) electrons. The highest BCUT2D eigenvalue weighted by molar-refractivity contribution is 5.90. The smallest absolute Gasteiger partial charge is 0.338 e. The first-order valence-corrected chi connectivity index (χ1v) is 21.4. The number of fused-ring (bicyclic) bond motifs is 3. The van der Waals surface area contributed by atoms with Crippen LogP contribution in [-0.2, 0) is 29.7 Å². The van der Waals surface area contributed by atoms with Crippen LogP contribution in [0.3, 0.4) is 0 Å². The zero-order valence-electron chi connectivity index (χ0n) is 39.1. The number of benzene rings is 3. The van der Waals surface area contributed by atoms with Gasteiger partial charge in [-0.2, -0.15) is 16.4 Å². The molecule has 11 nitrogen and oxygen atoms in total. The molecule has 332 valence electrons. The highest BCUT2D eigenvalue weighted by Crippen LogP contribution is 2.71. The van der Waals surface area contributed by atoms with Crippen molar-refractivity contribution in [2.75, 3.05) is 18.9 Å². The van der Waals surface area contributed by atoms with Crippen LogP contribution >= 0.6 is 0 Å². The van der Waals surface area contributed by atoms with Crippen molar-refractivity contribution in [2.45, 2.75) is 140 Å². The molecule has 4 unspecified atom stereocenters. The molecule has 3 saturated heterocycles. The van der Waals surface area contributed by atoms with E-state index in [0.29, 0.717) is 40.9 Å². The van der Waals surface area contributed by atoms with Crippen LogP contribution in [-0.4, -0.2) is 36.6 Å². The minimum atomic E-state index is -0.329. The second-order valence-electron chi connectivity index (χ2n) is 20.4. The van der Waals surface area contributed by atoms with Crippen LogP contribution in [0.25, 0.3) is 0 Å². The second-order valence-corrected chi connectivity index (χ2v) is 20.4. The standard InChI is InChI=1S/C11H15NO.C10H17NO.C10H12O2.C9H11NO2.C9H19NO/c1-10(2,3)11(12-13-11)9-7-5-4-6-8-9;1-8(2)7-4-5-9(3,6-7)10(8)11-12-10;1-3-12-10(11)9-6-4-5-8(2)7-9;1-2-12-9(11)7-4-3-5-8(10)6-7;1-7(2,3)9(10-11-9)8(4,5)6/h4-8,12H,1-3H3;7,11H,4-6H2,1-3H3;4-7H,3H2,1-2H3;3-6H,2,10H2,1H3;10H,1-6H3. The average Bonchev–Trinajstić information content (AvgIpc) is 4.04. The monoisotopic (exact) mass is 831 g/mol. The number of esters is 2. The van der Waals surface area contributed by atoms with Crippen LogP contribution in [0, 0.1) is 39.9 Å². The van der Waals surface area contributed by atoms with Gasteiger partial charge in [-0.1, -0.05) is 137 Å². The van der Waals surface area contributed by atoms with Gasteiger partial charge in [0.25, 0.3) is 0 Å². The summed E-state index contributed by atoms with van der Waals surface area (Å²) in [6.07, 6.45) is 4.09. The molecule has 11 heteroatoms. The molecule has 4 atom stereocenters. The number of hydroxylamine groups is 3. The number of nitrogens with two attached hydrogens (primary N) is 1. The Morgan fingerprint density at radius 1 is 0.700 bits per heavy atom. The largest absolute Gasteiger partial charge is 0.462 e. The number of carbonyl (C=O) groups is 2. The number of nitrogens with one attached hydrogen (secondary N) is 3. The summed E-state index contributed by atoms with van der Waals surface area (Å²) in [6.45, 7) is 33.1. The molecule has 3 aromatic carbocycles. The number of aryl methyl sites for hydroxylation is 1. The summed E-state index contributed by atoms with van der Waals surface area (Å²) in [6, 6.07) is 24.3. The molecule has 0 amide bonds. The first kappa shape index (κ1) is 48.8. The van der Waals surface area contributed by atoms with Crippen LogP contribution in [0.15, 0.2) is 78.9 Å². The van der Waals surface area contributed by atoms with Gasteiger partial charge in [-0.3, -0.25) is 14.5 Å². The van der Waals surface area contributed by atoms with Crippen molar-refractivity contribution in [1.29, 1.82) is 0 Å². The van der Waals surface area contributed by atoms with E-state index in [2.05, 4.69) is 112 Å². The number of carbonyl (C=O) groups excluding carboxylic acids is 2. The molecule has 2 bridgehead atoms. The molecule has 5 fully saturated rings. The lowest BCUT2D eigenvalue weighted by atomic mass is 9.67. The van der Waals surface area contributed by atoms with Gasteiger partial charge >= 0.3 is 11.9 Å². The van der Waals surface area contributed by atoms with E-state index in [4.69, 9.17) is 29.7 Å². The Labute approximate surface area is 360 Å². The molecule has 60 heavy (non-hydrogen) atoms. The predicted octanol–water partition coefficient (Wildman–Crippen LogP) is 10.4. The van der Waals surface area contributed by atoms with Crippen LogP contribution < -0.4 is 22.2 Å². The predicted molar refractivity (Wildman–Crippen MR) is 238 cm³/mol. The highest BCUT2D eigenvalue weighted by Gasteiger charge is 2.77. The van der Waals surface area contributed by atoms with E-state index in [1.807, 2.05) is 43.3 Å². The zero-order chi connectivity index (χ0) is 45.0. The summed E-state index contributed by atoms with van der Waals surface area (Å²) in [5.41, 5.74) is 19.5. The third kappa shape index (κ3) is 10.4. The fourth-order valence-corrected chi connectivity index (χ4v) is 9.04. The molecule has 3 heterocycles. The third-order valence-electron chi connectivity index (χ3n) is 12.7. The Morgan fingerprint density at radius 2 is 1.20 bits per heavy atom. The number of rotatable bonds is 5. The van der Waals surface area contributed by atoms with Crippen molar-refractivity contribution < 1.29 is 33.6 Å². The van der Waals surface area contributed by atoms with E-state index in [1.165, 1.54) is 24.8 Å². The highest BCUT2D eigenvalue weighted by atomic mass is 16.8. The lowest BCUT2D eigenvalue weighted by molar-refractivity contribution is 0.0304. The molecule has 1 spiro atoms. The molecule has 5 N–H and O–H groups in total. The Kier molecular flexibility index (Phi) is 14.8. The van der Waals surface area contributed by atoms with Gasteiger partial charge in [0.1, 0.15) is 0 Å². The molecule has 8 rings (SSSR count). The summed E-state index contributed by atoms with van der Waals surface area (Å²) in [5, 5.41) is 0. The Hall–Kier alpha value is -3.84. The van der Waals surface area contributed by atoms with Crippen molar-refractivity contribution in [3.05, 3.63) is 101 Å². The minimum absolute atomic E-state index is 0.0446. The lowest BCUT2D eigenvalue weighted by Crippen LogP contribution is -2.46. The van der Waals surface area contributed by atoms with Gasteiger partial charge in [0.05, 0.1) is 24.3 Å². The van der Waals surface area contributed by atoms with Gasteiger partial charge in [-0.15, -0.1) is 0 Å². The van der Waals surface area contributed by atoms with Gasteiger partial charge in [0, 0.05) is 38.3 Å². The molecular weight excluding hydrogens is 757 g/mol. The van der Waals surface area contributed by atoms with Crippen LogP contribution in [0.2, 0.25) is 0 Å². The van der Waals surface area contributed by atoms with Crippen molar-refractivity contribution >= 4 is 17.6 Å². The van der Waals surface area contributed by atoms with Crippen LogP contribution in [0.5, 0.6) is 0 Å². The normalized spacial score (nSPS) is 25.9. The SMILES string of the molecule is CC(C)(C)C1(C(C)(C)C)NO1.CC(C)(C)C1(c2ccccc2)NO1.CC12CCC(C1)C(C)(C)C21NO1.CCOC(=O)c1cccc(C)c1.CCOC(=O)c1cccc(N)c1. The first-order valence-electron chi connectivity index (χ1n) is 21.4. The summed E-state index contributed by atoms with van der Waals surface area (Å²) >= 11 is 0. The molecule has 5 aliphatic rings. The van der Waals surface area contributed by atoms with Gasteiger partial charge < -0.3 is 15.2 Å². The van der Waals surface area contributed by atoms with Crippen molar-refractivity contribution in [3.63, 3.8) is 0 Å². The topological polar surface area (TPSA) is 182 Å². The van der Waals surface area contributed by atoms with E-state index in [-0.39, 0.29) is 45.4 Å². The Balaban J connectivity index is 0.000000166. The molecular formula is C49H74N4O7. The third-order valence-corrected chi connectivity index (χ3v) is 12.7. The van der Waals surface area contributed by atoms with Crippen LogP contribution in [0.4, 0.5) is 5.69 Å². The first-order chi connectivity index (χ1) is 27.8. The number of hydrogen-bond acceptors (Lipinski definition) is 11. The molecule has 2 aliphatic carbocycles. The quantitative estimate of drug-likeness (QED) is 0.109. The number of ether oxygens (including phenoxy) is 2. The summed E-state index contributed by atoms with van der Waals surface area (Å²) in [5.74, 6) is 0.295. The molecule has 2 saturated carbocycles. The van der Waals surface area contributed by atoms with E-state index in [9.17, 15) is 9.59 Å². The summed E-state index contributed by atoms with van der Waals surface area (Å²) in [4.78, 5) is 38.6. The van der Waals surface area contributed by atoms with Crippen molar-refractivity contribution in [2.24, 2.45) is 33.0 Å². The fraction of sp³-hybridized carbons (Fsp3) is 0.592. The van der Waals surface area contributed by atoms with Gasteiger partial charge in [0.2, 0.25) is 0 Å². The Morgan fingerprint density at radius 3 is 1.53 bits per heavy atom. The van der Waals surface area contributed by atoms with Gasteiger partial charge in [-0.25, -0.2) is 9.59 Å². The maximum Gasteiger partial charge on any atom is 0.338 e. The minimum Gasteiger partial charge on any atom is -0.462 e. The zero-order valence-corrected chi connectivity index (χ0v) is 39.1. The maximum absolute atomic E-state index is 11.2. The lowest BCUT2D eigenvalue weighted by Gasteiger charge is -2.38. The molecule has 0 aromatic heterocycles. The van der Waals surface area contributed by atoms with Crippen LogP contribution in [0.1, 0.15) is 148 Å². The van der Waals surface area contributed by atoms with Gasteiger partial charge in [0.15, 0.2) is 17.2 Å². The maximum atomic E-state index is 11.2. The Bertz CT molecular complexity index is 1820. The number of nitrogen functional groups attached to an aromatic ring is 1. The fourth-order valence-electron chi connectivity index (χ4n) is 9.04. The summed E-state index contributed by atoms with van der Waals surface area (Å²) in [7, 11) is 0. The number of hydrogen-bond donors (Lipinski definition) is 4.